The zero-order valence-electron chi connectivity index (χ0n) is 12.1. The Morgan fingerprint density at radius 2 is 1.86 bits per heavy atom. The molecule has 0 N–H and O–H groups in total. The van der Waals surface area contributed by atoms with Crippen LogP contribution in [0.4, 0.5) is 0 Å². The summed E-state index contributed by atoms with van der Waals surface area (Å²) in [6.07, 6.45) is 7.04. The van der Waals surface area contributed by atoms with E-state index in [1.165, 1.54) is 5.56 Å². The third-order valence-electron chi connectivity index (χ3n) is 3.34. The van der Waals surface area contributed by atoms with Gasteiger partial charge in [0.15, 0.2) is 0 Å². The van der Waals surface area contributed by atoms with Gasteiger partial charge in [-0.2, -0.15) is 5.26 Å². The van der Waals surface area contributed by atoms with Crippen molar-refractivity contribution >= 4 is 12.2 Å². The summed E-state index contributed by atoms with van der Waals surface area (Å²) in [6, 6.07) is 13.9. The van der Waals surface area contributed by atoms with Crippen molar-refractivity contribution in [2.75, 3.05) is 0 Å². The van der Waals surface area contributed by atoms with Crippen LogP contribution in [0.1, 0.15) is 30.0 Å². The highest BCUT2D eigenvalue weighted by Crippen LogP contribution is 2.09. The number of aryl methyl sites for hydroxylation is 2. The van der Waals surface area contributed by atoms with Crippen LogP contribution in [0.3, 0.4) is 0 Å². The Bertz CT molecular complexity index is 718. The van der Waals surface area contributed by atoms with Gasteiger partial charge in [-0.25, -0.2) is 0 Å². The molecule has 0 bridgehead atoms. The molecule has 0 aliphatic carbocycles. The van der Waals surface area contributed by atoms with E-state index >= 15 is 0 Å². The lowest BCUT2D eigenvalue weighted by molar-refractivity contribution is 0.686. The minimum absolute atomic E-state index is 0.0752. The molecule has 3 heteroatoms. The summed E-state index contributed by atoms with van der Waals surface area (Å²) in [5.74, 6) is 0. The fourth-order valence-corrected chi connectivity index (χ4v) is 2.04. The van der Waals surface area contributed by atoms with Gasteiger partial charge in [-0.3, -0.25) is 4.79 Å². The van der Waals surface area contributed by atoms with Gasteiger partial charge in [-0.15, -0.1) is 0 Å². The Morgan fingerprint density at radius 1 is 1.14 bits per heavy atom. The summed E-state index contributed by atoms with van der Waals surface area (Å²) >= 11 is 0. The first-order chi connectivity index (χ1) is 10.2. The molecule has 1 heterocycles. The molecule has 1 aromatic carbocycles. The minimum Gasteiger partial charge on any atom is -0.314 e. The Morgan fingerprint density at radius 3 is 2.48 bits per heavy atom. The second kappa shape index (κ2) is 7.25. The number of pyridine rings is 1. The quantitative estimate of drug-likeness (QED) is 0.840. The van der Waals surface area contributed by atoms with Gasteiger partial charge in [-0.1, -0.05) is 43.3 Å². The number of hydrogen-bond acceptors (Lipinski definition) is 2. The SMILES string of the molecule is CCc1ccc(/C=C/c2ccn(CCC#N)c(=O)c2)cc1. The highest BCUT2D eigenvalue weighted by atomic mass is 16.1. The first-order valence-electron chi connectivity index (χ1n) is 7.07. The Labute approximate surface area is 124 Å². The third-order valence-corrected chi connectivity index (χ3v) is 3.34. The van der Waals surface area contributed by atoms with Crippen LogP contribution in [-0.2, 0) is 13.0 Å². The number of benzene rings is 1. The van der Waals surface area contributed by atoms with E-state index in [0.29, 0.717) is 13.0 Å². The van der Waals surface area contributed by atoms with Gasteiger partial charge in [0.2, 0.25) is 0 Å². The molecule has 106 valence electrons. The van der Waals surface area contributed by atoms with Crippen LogP contribution in [0.25, 0.3) is 12.2 Å². The monoisotopic (exact) mass is 278 g/mol. The lowest BCUT2D eigenvalue weighted by atomic mass is 10.1. The highest BCUT2D eigenvalue weighted by molar-refractivity contribution is 5.69. The minimum atomic E-state index is -0.0752. The third kappa shape index (κ3) is 4.19. The molecule has 2 aromatic rings. The molecule has 1 aromatic heterocycles. The molecule has 3 nitrogen and oxygen atoms in total. The van der Waals surface area contributed by atoms with Crippen molar-refractivity contribution in [1.82, 2.24) is 4.57 Å². The van der Waals surface area contributed by atoms with Gasteiger partial charge in [0.25, 0.3) is 5.56 Å². The zero-order valence-corrected chi connectivity index (χ0v) is 12.1. The van der Waals surface area contributed by atoms with Gasteiger partial charge in [0.1, 0.15) is 0 Å². The lowest BCUT2D eigenvalue weighted by Crippen LogP contribution is -2.18. The van der Waals surface area contributed by atoms with Gasteiger partial charge < -0.3 is 4.57 Å². The van der Waals surface area contributed by atoms with E-state index in [9.17, 15) is 4.79 Å². The van der Waals surface area contributed by atoms with Crippen LogP contribution < -0.4 is 5.56 Å². The number of nitriles is 1. The molecule has 0 spiro atoms. The summed E-state index contributed by atoms with van der Waals surface area (Å²) in [6.45, 7) is 2.57. The fraction of sp³-hybridized carbons (Fsp3) is 0.222. The van der Waals surface area contributed by atoms with E-state index in [-0.39, 0.29) is 5.56 Å². The highest BCUT2D eigenvalue weighted by Gasteiger charge is 1.96. The predicted molar refractivity (Wildman–Crippen MR) is 85.7 cm³/mol. The summed E-state index contributed by atoms with van der Waals surface area (Å²) in [7, 11) is 0. The first kappa shape index (κ1) is 14.8. The molecule has 0 unspecified atom stereocenters. The maximum absolute atomic E-state index is 11.9. The van der Waals surface area contributed by atoms with Crippen molar-refractivity contribution in [2.45, 2.75) is 26.3 Å². The maximum atomic E-state index is 11.9. The fourth-order valence-electron chi connectivity index (χ4n) is 2.04. The maximum Gasteiger partial charge on any atom is 0.251 e. The average Bonchev–Trinajstić information content (AvgIpc) is 2.52. The molecule has 0 saturated heterocycles. The van der Waals surface area contributed by atoms with Crippen molar-refractivity contribution in [3.05, 3.63) is 69.6 Å². The van der Waals surface area contributed by atoms with Crippen molar-refractivity contribution in [1.29, 1.82) is 5.26 Å². The Hall–Kier alpha value is -2.60. The molecule has 0 atom stereocenters. The number of nitrogens with zero attached hydrogens (tertiary/aromatic N) is 2. The molecule has 0 radical (unpaired) electrons. The van der Waals surface area contributed by atoms with Crippen LogP contribution in [-0.4, -0.2) is 4.57 Å². The van der Waals surface area contributed by atoms with Crippen molar-refractivity contribution in [2.24, 2.45) is 0 Å². The summed E-state index contributed by atoms with van der Waals surface area (Å²) in [4.78, 5) is 11.9. The average molecular weight is 278 g/mol. The van der Waals surface area contributed by atoms with Gasteiger partial charge in [-0.05, 0) is 29.2 Å². The van der Waals surface area contributed by atoms with E-state index in [1.807, 2.05) is 24.3 Å². The van der Waals surface area contributed by atoms with E-state index in [2.05, 4.69) is 31.2 Å². The summed E-state index contributed by atoms with van der Waals surface area (Å²) in [5, 5.41) is 8.54. The van der Waals surface area contributed by atoms with Gasteiger partial charge >= 0.3 is 0 Å². The van der Waals surface area contributed by atoms with E-state index in [4.69, 9.17) is 5.26 Å². The standard InChI is InChI=1S/C18H18N2O/c1-2-15-4-6-16(7-5-15)8-9-17-10-13-20(12-3-11-19)18(21)14-17/h4-10,13-14H,2-3,12H2,1H3/b9-8+. The van der Waals surface area contributed by atoms with E-state index < -0.39 is 0 Å². The molecular weight excluding hydrogens is 260 g/mol. The normalized spacial score (nSPS) is 10.7. The lowest BCUT2D eigenvalue weighted by Gasteiger charge is -2.02. The van der Waals surface area contributed by atoms with Crippen LogP contribution in [0.5, 0.6) is 0 Å². The Balaban J connectivity index is 2.12. The Kier molecular flexibility index (Phi) is 5.11. The number of aromatic nitrogens is 1. The number of hydrogen-bond donors (Lipinski definition) is 0. The van der Waals surface area contributed by atoms with Crippen molar-refractivity contribution in [3.63, 3.8) is 0 Å². The molecular formula is C18H18N2O. The van der Waals surface area contributed by atoms with E-state index in [1.54, 1.807) is 16.8 Å². The molecule has 2 rings (SSSR count). The molecule has 21 heavy (non-hydrogen) atoms. The van der Waals surface area contributed by atoms with E-state index in [0.717, 1.165) is 17.5 Å². The zero-order chi connectivity index (χ0) is 15.1. The van der Waals surface area contributed by atoms with Gasteiger partial charge in [0, 0.05) is 18.8 Å². The molecule has 0 saturated carbocycles. The van der Waals surface area contributed by atoms with Crippen molar-refractivity contribution in [3.8, 4) is 6.07 Å². The second-order valence-corrected chi connectivity index (χ2v) is 4.83. The second-order valence-electron chi connectivity index (χ2n) is 4.83. The number of rotatable bonds is 5. The first-order valence-corrected chi connectivity index (χ1v) is 7.07. The smallest absolute Gasteiger partial charge is 0.251 e. The molecule has 0 amide bonds. The largest absolute Gasteiger partial charge is 0.314 e. The molecule has 0 fully saturated rings. The van der Waals surface area contributed by atoms with Crippen LogP contribution >= 0.6 is 0 Å². The molecule has 0 aliphatic heterocycles. The predicted octanol–water partition coefficient (Wildman–Crippen LogP) is 3.49. The summed E-state index contributed by atoms with van der Waals surface area (Å²) in [5.41, 5.74) is 3.22. The van der Waals surface area contributed by atoms with Crippen molar-refractivity contribution < 1.29 is 0 Å². The summed E-state index contributed by atoms with van der Waals surface area (Å²) < 4.78 is 1.55. The topological polar surface area (TPSA) is 45.8 Å². The van der Waals surface area contributed by atoms with Crippen LogP contribution in [0, 0.1) is 11.3 Å². The van der Waals surface area contributed by atoms with Crippen LogP contribution in [0.2, 0.25) is 0 Å². The van der Waals surface area contributed by atoms with Crippen LogP contribution in [0.15, 0.2) is 47.4 Å². The molecule has 0 aliphatic rings. The van der Waals surface area contributed by atoms with Gasteiger partial charge in [0.05, 0.1) is 12.5 Å².